The Morgan fingerprint density at radius 1 is 1.00 bits per heavy atom. The highest BCUT2D eigenvalue weighted by atomic mass is 16.2. The molecule has 4 heterocycles. The van der Waals surface area contributed by atoms with Gasteiger partial charge in [-0.25, -0.2) is 4.98 Å². The lowest BCUT2D eigenvalue weighted by Gasteiger charge is -2.36. The largest absolute Gasteiger partial charge is 0.356 e. The molecule has 2 aromatic heterocycles. The van der Waals surface area contributed by atoms with Crippen LogP contribution in [0.25, 0.3) is 0 Å². The number of likely N-dealkylation sites (tertiary alicyclic amines) is 1. The van der Waals surface area contributed by atoms with Gasteiger partial charge in [0.1, 0.15) is 5.82 Å². The van der Waals surface area contributed by atoms with Crippen molar-refractivity contribution < 1.29 is 4.79 Å². The Morgan fingerprint density at radius 3 is 2.64 bits per heavy atom. The molecule has 0 bridgehead atoms. The predicted octanol–water partition coefficient (Wildman–Crippen LogP) is 3.06. The molecule has 2 aliphatic heterocycles. The van der Waals surface area contributed by atoms with Crippen LogP contribution in [0.2, 0.25) is 0 Å². The number of hydrogen-bond acceptors (Lipinski definition) is 4. The Hall–Kier alpha value is -2.43. The lowest BCUT2D eigenvalue weighted by molar-refractivity contribution is -0.136. The van der Waals surface area contributed by atoms with Crippen molar-refractivity contribution in [3.8, 4) is 0 Å². The Morgan fingerprint density at radius 2 is 1.84 bits per heavy atom. The monoisotopic (exact) mass is 336 g/mol. The minimum atomic E-state index is 0.0678. The number of piperidine rings is 1. The summed E-state index contributed by atoms with van der Waals surface area (Å²) < 4.78 is 0. The summed E-state index contributed by atoms with van der Waals surface area (Å²) in [5.74, 6) is 1.35. The summed E-state index contributed by atoms with van der Waals surface area (Å²) in [6.45, 7) is 2.62. The molecule has 2 unspecified atom stereocenters. The fourth-order valence-electron chi connectivity index (χ4n) is 4.12. The van der Waals surface area contributed by atoms with Crippen LogP contribution in [0.5, 0.6) is 0 Å². The third-order valence-corrected chi connectivity index (χ3v) is 5.37. The van der Waals surface area contributed by atoms with Crippen molar-refractivity contribution in [1.29, 1.82) is 0 Å². The number of pyridine rings is 2. The Labute approximate surface area is 148 Å². The molecule has 0 aromatic carbocycles. The van der Waals surface area contributed by atoms with Crippen molar-refractivity contribution in [3.05, 3.63) is 54.5 Å². The van der Waals surface area contributed by atoms with Gasteiger partial charge in [-0.05, 0) is 55.5 Å². The van der Waals surface area contributed by atoms with Crippen LogP contribution >= 0.6 is 0 Å². The van der Waals surface area contributed by atoms with Crippen LogP contribution in [0.3, 0.4) is 0 Å². The highest BCUT2D eigenvalue weighted by Gasteiger charge is 2.35. The summed E-state index contributed by atoms with van der Waals surface area (Å²) in [7, 11) is 0. The summed E-state index contributed by atoms with van der Waals surface area (Å²) in [5.41, 5.74) is 1.21. The smallest absolute Gasteiger partial charge is 0.227 e. The van der Waals surface area contributed by atoms with E-state index in [4.69, 9.17) is 0 Å². The number of carbonyl (C=O) groups excluding carboxylic acids is 1. The zero-order chi connectivity index (χ0) is 17.1. The van der Waals surface area contributed by atoms with E-state index < -0.39 is 0 Å². The molecule has 2 aliphatic rings. The van der Waals surface area contributed by atoms with E-state index in [0.717, 1.165) is 51.1 Å². The molecule has 130 valence electrons. The fourth-order valence-corrected chi connectivity index (χ4v) is 4.12. The van der Waals surface area contributed by atoms with Crippen molar-refractivity contribution in [2.24, 2.45) is 5.92 Å². The standard InChI is InChI=1S/C20H24N4O/c25-20(24-14-4-6-18(24)16-8-11-21-12-9-16)17-5-3-13-23(15-17)19-7-1-2-10-22-19/h1-2,7-12,17-18H,3-6,13-15H2. The first kappa shape index (κ1) is 16.1. The second-order valence-corrected chi connectivity index (χ2v) is 6.94. The third-order valence-electron chi connectivity index (χ3n) is 5.37. The maximum atomic E-state index is 13.2. The number of carbonyl (C=O) groups is 1. The van der Waals surface area contributed by atoms with Crippen LogP contribution in [-0.4, -0.2) is 40.4 Å². The van der Waals surface area contributed by atoms with E-state index in [2.05, 4.69) is 19.8 Å². The minimum Gasteiger partial charge on any atom is -0.356 e. The maximum Gasteiger partial charge on any atom is 0.227 e. The number of nitrogens with zero attached hydrogens (tertiary/aromatic N) is 4. The van der Waals surface area contributed by atoms with Gasteiger partial charge in [0, 0.05) is 38.2 Å². The summed E-state index contributed by atoms with van der Waals surface area (Å²) in [4.78, 5) is 26.1. The lowest BCUT2D eigenvalue weighted by Crippen LogP contribution is -2.45. The average molecular weight is 336 g/mol. The summed E-state index contributed by atoms with van der Waals surface area (Å²) in [5, 5.41) is 0. The molecule has 5 nitrogen and oxygen atoms in total. The van der Waals surface area contributed by atoms with Gasteiger partial charge < -0.3 is 9.80 Å². The Bertz CT molecular complexity index is 706. The quantitative estimate of drug-likeness (QED) is 0.864. The van der Waals surface area contributed by atoms with E-state index in [0.29, 0.717) is 5.91 Å². The molecular weight excluding hydrogens is 312 g/mol. The molecule has 0 spiro atoms. The molecule has 0 saturated carbocycles. The SMILES string of the molecule is O=C(C1CCCN(c2ccccn2)C1)N1CCCC1c1ccncc1. The first-order valence-electron chi connectivity index (χ1n) is 9.19. The van der Waals surface area contributed by atoms with Gasteiger partial charge >= 0.3 is 0 Å². The van der Waals surface area contributed by atoms with E-state index in [1.807, 2.05) is 48.9 Å². The molecule has 2 aromatic rings. The second-order valence-electron chi connectivity index (χ2n) is 6.94. The van der Waals surface area contributed by atoms with Crippen LogP contribution in [-0.2, 0) is 4.79 Å². The molecule has 0 N–H and O–H groups in total. The summed E-state index contributed by atoms with van der Waals surface area (Å²) in [6.07, 6.45) is 9.60. The van der Waals surface area contributed by atoms with Crippen LogP contribution in [0.15, 0.2) is 48.9 Å². The van der Waals surface area contributed by atoms with Crippen LogP contribution in [0.1, 0.15) is 37.3 Å². The van der Waals surface area contributed by atoms with E-state index in [1.165, 1.54) is 5.56 Å². The number of amides is 1. The number of aromatic nitrogens is 2. The zero-order valence-corrected chi connectivity index (χ0v) is 14.4. The van der Waals surface area contributed by atoms with E-state index in [-0.39, 0.29) is 12.0 Å². The average Bonchev–Trinajstić information content (AvgIpc) is 3.19. The topological polar surface area (TPSA) is 49.3 Å². The van der Waals surface area contributed by atoms with Crippen molar-refractivity contribution >= 4 is 11.7 Å². The minimum absolute atomic E-state index is 0.0678. The number of anilines is 1. The third kappa shape index (κ3) is 3.36. The van der Waals surface area contributed by atoms with E-state index in [9.17, 15) is 4.79 Å². The highest BCUT2D eigenvalue weighted by molar-refractivity contribution is 5.80. The van der Waals surface area contributed by atoms with Gasteiger partial charge in [0.2, 0.25) is 5.91 Å². The van der Waals surface area contributed by atoms with E-state index in [1.54, 1.807) is 0 Å². The van der Waals surface area contributed by atoms with Gasteiger partial charge in [0.15, 0.2) is 0 Å². The zero-order valence-electron chi connectivity index (χ0n) is 14.4. The van der Waals surface area contributed by atoms with Crippen molar-refractivity contribution in [3.63, 3.8) is 0 Å². The first-order valence-corrected chi connectivity index (χ1v) is 9.19. The van der Waals surface area contributed by atoms with Gasteiger partial charge in [-0.3, -0.25) is 9.78 Å². The van der Waals surface area contributed by atoms with Crippen LogP contribution in [0.4, 0.5) is 5.82 Å². The fraction of sp³-hybridized carbons (Fsp3) is 0.450. The van der Waals surface area contributed by atoms with Crippen molar-refractivity contribution in [2.45, 2.75) is 31.7 Å². The number of rotatable bonds is 3. The lowest BCUT2D eigenvalue weighted by atomic mass is 9.95. The normalized spacial score (nSPS) is 23.7. The van der Waals surface area contributed by atoms with Gasteiger partial charge in [-0.1, -0.05) is 6.07 Å². The Kier molecular flexibility index (Phi) is 4.63. The maximum absolute atomic E-state index is 13.2. The number of hydrogen-bond donors (Lipinski definition) is 0. The van der Waals surface area contributed by atoms with Crippen LogP contribution < -0.4 is 4.90 Å². The highest BCUT2D eigenvalue weighted by Crippen LogP contribution is 2.34. The summed E-state index contributed by atoms with van der Waals surface area (Å²) in [6, 6.07) is 10.3. The molecule has 2 atom stereocenters. The van der Waals surface area contributed by atoms with Gasteiger partial charge in [-0.2, -0.15) is 0 Å². The summed E-state index contributed by atoms with van der Waals surface area (Å²) >= 11 is 0. The molecule has 2 fully saturated rings. The molecule has 25 heavy (non-hydrogen) atoms. The molecule has 5 heteroatoms. The van der Waals surface area contributed by atoms with Crippen LogP contribution in [0, 0.1) is 5.92 Å². The van der Waals surface area contributed by atoms with Gasteiger partial charge in [0.05, 0.1) is 12.0 Å². The molecule has 0 aliphatic carbocycles. The molecular formula is C20H24N4O. The predicted molar refractivity (Wildman–Crippen MR) is 97.1 cm³/mol. The molecule has 4 rings (SSSR count). The molecule has 1 amide bonds. The van der Waals surface area contributed by atoms with Crippen molar-refractivity contribution in [2.75, 3.05) is 24.5 Å². The second kappa shape index (κ2) is 7.21. The van der Waals surface area contributed by atoms with Gasteiger partial charge in [0.25, 0.3) is 0 Å². The Balaban J connectivity index is 1.48. The molecule has 2 saturated heterocycles. The van der Waals surface area contributed by atoms with E-state index >= 15 is 0 Å². The van der Waals surface area contributed by atoms with Crippen molar-refractivity contribution in [1.82, 2.24) is 14.9 Å². The van der Waals surface area contributed by atoms with Gasteiger partial charge in [-0.15, -0.1) is 0 Å². The first-order chi connectivity index (χ1) is 12.3. The molecule has 0 radical (unpaired) electrons.